The number of hydrogen-bond donors (Lipinski definition) is 3. The van der Waals surface area contributed by atoms with E-state index < -0.39 is 5.97 Å². The molecule has 3 heterocycles. The Morgan fingerprint density at radius 2 is 2.10 bits per heavy atom. The summed E-state index contributed by atoms with van der Waals surface area (Å²) in [4.78, 5) is 17.3. The Hall–Kier alpha value is -2.83. The van der Waals surface area contributed by atoms with E-state index in [0.29, 0.717) is 11.6 Å². The number of aromatic nitrogens is 1. The zero-order chi connectivity index (χ0) is 21.6. The van der Waals surface area contributed by atoms with E-state index in [9.17, 15) is 9.90 Å². The number of H-pyrrole nitrogens is 1. The van der Waals surface area contributed by atoms with Crippen LogP contribution in [0.2, 0.25) is 0 Å². The first kappa shape index (κ1) is 20.1. The highest BCUT2D eigenvalue weighted by molar-refractivity contribution is 5.88. The number of nitrogens with one attached hydrogen (secondary N) is 2. The van der Waals surface area contributed by atoms with Gasteiger partial charge in [0, 0.05) is 47.3 Å². The van der Waals surface area contributed by atoms with Gasteiger partial charge in [0.2, 0.25) is 0 Å². The SMILES string of the molecule is COc1cc(C)c2[nH]ccc2c1CN1CCC2CC1(c1ccc(C(=O)O)cc1)CCN2. The van der Waals surface area contributed by atoms with Gasteiger partial charge in [-0.3, -0.25) is 4.90 Å². The van der Waals surface area contributed by atoms with Gasteiger partial charge in [0.25, 0.3) is 0 Å². The van der Waals surface area contributed by atoms with E-state index in [4.69, 9.17) is 4.74 Å². The van der Waals surface area contributed by atoms with Crippen molar-refractivity contribution in [2.24, 2.45) is 0 Å². The molecular weight excluding hydrogens is 390 g/mol. The predicted molar refractivity (Wildman–Crippen MR) is 121 cm³/mol. The van der Waals surface area contributed by atoms with E-state index >= 15 is 0 Å². The van der Waals surface area contributed by atoms with Crippen LogP contribution in [0.15, 0.2) is 42.6 Å². The number of hydrogen-bond acceptors (Lipinski definition) is 4. The van der Waals surface area contributed by atoms with E-state index in [2.05, 4.69) is 34.3 Å². The highest BCUT2D eigenvalue weighted by atomic mass is 16.5. The molecule has 0 aliphatic carbocycles. The number of piperidine rings is 2. The molecule has 0 amide bonds. The van der Waals surface area contributed by atoms with Crippen molar-refractivity contribution in [3.63, 3.8) is 0 Å². The number of aromatic carboxylic acids is 1. The second kappa shape index (κ2) is 7.70. The Kier molecular flexibility index (Phi) is 4.99. The third-order valence-corrected chi connectivity index (χ3v) is 7.26. The third kappa shape index (κ3) is 3.30. The molecule has 3 aromatic rings. The van der Waals surface area contributed by atoms with E-state index in [-0.39, 0.29) is 5.54 Å². The summed E-state index contributed by atoms with van der Waals surface area (Å²) in [7, 11) is 1.74. The first-order chi connectivity index (χ1) is 15.0. The first-order valence-electron chi connectivity index (χ1n) is 11.0. The molecule has 2 aliphatic heterocycles. The minimum absolute atomic E-state index is 0.107. The van der Waals surface area contributed by atoms with Gasteiger partial charge in [0.15, 0.2) is 0 Å². The highest BCUT2D eigenvalue weighted by Gasteiger charge is 2.46. The van der Waals surface area contributed by atoms with Gasteiger partial charge in [-0.1, -0.05) is 12.1 Å². The standard InChI is InChI=1S/C25H29N3O3/c1-16-13-22(31-2)21(20-7-10-27-23(16)20)15-28-12-8-19-14-25(28,9-11-26-19)18-5-3-17(4-6-18)24(29)30/h3-7,10,13,19,26-27H,8-9,11-12,14-15H2,1-2H3,(H,29,30). The zero-order valence-electron chi connectivity index (χ0n) is 18.1. The molecule has 3 N–H and O–H groups in total. The molecule has 0 saturated carbocycles. The Bertz CT molecular complexity index is 1120. The molecule has 2 atom stereocenters. The van der Waals surface area contributed by atoms with E-state index in [1.165, 1.54) is 22.1 Å². The maximum Gasteiger partial charge on any atom is 0.335 e. The number of carboxylic acid groups (broad SMARTS) is 1. The molecule has 6 nitrogen and oxygen atoms in total. The second-order valence-corrected chi connectivity index (χ2v) is 8.87. The fourth-order valence-electron chi connectivity index (χ4n) is 5.65. The van der Waals surface area contributed by atoms with Crippen molar-refractivity contribution >= 4 is 16.9 Å². The number of ether oxygens (including phenoxy) is 1. The smallest absolute Gasteiger partial charge is 0.335 e. The Morgan fingerprint density at radius 1 is 1.29 bits per heavy atom. The lowest BCUT2D eigenvalue weighted by Crippen LogP contribution is -2.60. The molecule has 2 bridgehead atoms. The van der Waals surface area contributed by atoms with Crippen LogP contribution in [0, 0.1) is 6.92 Å². The van der Waals surface area contributed by atoms with Crippen molar-refractivity contribution in [3.8, 4) is 5.75 Å². The van der Waals surface area contributed by atoms with Crippen LogP contribution in [0.25, 0.3) is 10.9 Å². The fourth-order valence-corrected chi connectivity index (χ4v) is 5.65. The van der Waals surface area contributed by atoms with Crippen LogP contribution in [0.3, 0.4) is 0 Å². The van der Waals surface area contributed by atoms with Crippen LogP contribution >= 0.6 is 0 Å². The zero-order valence-corrected chi connectivity index (χ0v) is 18.1. The molecule has 2 fully saturated rings. The van der Waals surface area contributed by atoms with Crippen molar-refractivity contribution in [2.75, 3.05) is 20.2 Å². The average Bonchev–Trinajstić information content (AvgIpc) is 3.28. The molecule has 5 rings (SSSR count). The summed E-state index contributed by atoms with van der Waals surface area (Å²) in [5.41, 5.74) is 4.99. The fraction of sp³-hybridized carbons (Fsp3) is 0.400. The van der Waals surface area contributed by atoms with E-state index in [1.807, 2.05) is 18.3 Å². The van der Waals surface area contributed by atoms with Gasteiger partial charge >= 0.3 is 5.97 Å². The molecule has 31 heavy (non-hydrogen) atoms. The summed E-state index contributed by atoms with van der Waals surface area (Å²) in [5.74, 6) is 0.0454. The van der Waals surface area contributed by atoms with Gasteiger partial charge in [-0.05, 0) is 68.1 Å². The number of benzene rings is 2. The normalized spacial score (nSPS) is 23.7. The van der Waals surface area contributed by atoms with Crippen LogP contribution in [-0.4, -0.2) is 47.2 Å². The molecular formula is C25H29N3O3. The number of fused-ring (bicyclic) bond motifs is 3. The number of aryl methyl sites for hydroxylation is 1. The van der Waals surface area contributed by atoms with Crippen molar-refractivity contribution in [3.05, 3.63) is 64.8 Å². The third-order valence-electron chi connectivity index (χ3n) is 7.26. The quantitative estimate of drug-likeness (QED) is 0.582. The number of likely N-dealkylation sites (tertiary alicyclic amines) is 1. The maximum absolute atomic E-state index is 11.4. The van der Waals surface area contributed by atoms with Crippen LogP contribution in [0.5, 0.6) is 5.75 Å². The van der Waals surface area contributed by atoms with Gasteiger partial charge in [-0.15, -0.1) is 0 Å². The molecule has 162 valence electrons. The number of methoxy groups -OCH3 is 1. The van der Waals surface area contributed by atoms with Gasteiger partial charge in [-0.2, -0.15) is 0 Å². The first-order valence-corrected chi connectivity index (χ1v) is 11.0. The van der Waals surface area contributed by atoms with Gasteiger partial charge in [0.05, 0.1) is 12.7 Å². The van der Waals surface area contributed by atoms with Crippen LogP contribution in [-0.2, 0) is 12.1 Å². The van der Waals surface area contributed by atoms with Gasteiger partial charge in [0.1, 0.15) is 5.75 Å². The van der Waals surface area contributed by atoms with Crippen LogP contribution < -0.4 is 10.1 Å². The van der Waals surface area contributed by atoms with Crippen LogP contribution in [0.1, 0.15) is 46.3 Å². The number of carbonyl (C=O) groups is 1. The second-order valence-electron chi connectivity index (χ2n) is 8.87. The Morgan fingerprint density at radius 3 is 2.84 bits per heavy atom. The Balaban J connectivity index is 1.58. The summed E-state index contributed by atoms with van der Waals surface area (Å²) in [6.07, 6.45) is 5.14. The molecule has 6 heteroatoms. The van der Waals surface area contributed by atoms with Crippen molar-refractivity contribution in [1.82, 2.24) is 15.2 Å². The average molecular weight is 420 g/mol. The molecule has 2 aromatic carbocycles. The van der Waals surface area contributed by atoms with Gasteiger partial charge < -0.3 is 20.1 Å². The van der Waals surface area contributed by atoms with E-state index in [1.54, 1.807) is 19.2 Å². The Labute approximate surface area is 182 Å². The monoisotopic (exact) mass is 419 g/mol. The molecule has 2 aliphatic rings. The summed E-state index contributed by atoms with van der Waals surface area (Å²) in [6, 6.07) is 12.3. The predicted octanol–water partition coefficient (Wildman–Crippen LogP) is 4.04. The number of rotatable bonds is 5. The summed E-state index contributed by atoms with van der Waals surface area (Å²) in [6.45, 7) is 4.86. The van der Waals surface area contributed by atoms with Crippen molar-refractivity contribution in [1.29, 1.82) is 0 Å². The lowest BCUT2D eigenvalue weighted by atomic mass is 9.73. The van der Waals surface area contributed by atoms with Crippen molar-refractivity contribution in [2.45, 2.75) is 44.3 Å². The van der Waals surface area contributed by atoms with Crippen molar-refractivity contribution < 1.29 is 14.6 Å². The lowest BCUT2D eigenvalue weighted by Gasteiger charge is -2.54. The largest absolute Gasteiger partial charge is 0.496 e. The van der Waals surface area contributed by atoms with Gasteiger partial charge in [-0.25, -0.2) is 4.79 Å². The number of nitrogens with zero attached hydrogens (tertiary/aromatic N) is 1. The molecule has 2 saturated heterocycles. The minimum Gasteiger partial charge on any atom is -0.496 e. The maximum atomic E-state index is 11.4. The summed E-state index contributed by atoms with van der Waals surface area (Å²) >= 11 is 0. The molecule has 0 radical (unpaired) electrons. The lowest BCUT2D eigenvalue weighted by molar-refractivity contribution is -0.00844. The summed E-state index contributed by atoms with van der Waals surface area (Å²) in [5, 5.41) is 14.2. The summed E-state index contributed by atoms with van der Waals surface area (Å²) < 4.78 is 5.81. The molecule has 2 unspecified atom stereocenters. The topological polar surface area (TPSA) is 77.6 Å². The highest BCUT2D eigenvalue weighted by Crippen LogP contribution is 2.45. The minimum atomic E-state index is -0.882. The molecule has 1 aromatic heterocycles. The number of aromatic amines is 1. The van der Waals surface area contributed by atoms with E-state index in [0.717, 1.165) is 50.2 Å². The number of carboxylic acids is 1. The molecule has 0 spiro atoms. The van der Waals surface area contributed by atoms with Crippen LogP contribution in [0.4, 0.5) is 0 Å².